The van der Waals surface area contributed by atoms with E-state index in [1.54, 1.807) is 21.1 Å². The number of nitrogens with zero attached hydrogens (tertiary/aromatic N) is 2. The third-order valence-corrected chi connectivity index (χ3v) is 6.01. The van der Waals surface area contributed by atoms with Crippen LogP contribution in [0.2, 0.25) is 5.02 Å². The van der Waals surface area contributed by atoms with Crippen molar-refractivity contribution in [2.24, 2.45) is 0 Å². The summed E-state index contributed by atoms with van der Waals surface area (Å²) in [4.78, 5) is 3.18. The first-order chi connectivity index (χ1) is 12.1. The van der Waals surface area contributed by atoms with Crippen LogP contribution in [0.15, 0.2) is 24.3 Å². The van der Waals surface area contributed by atoms with Crippen molar-refractivity contribution < 1.29 is 9.80 Å². The molecule has 1 aliphatic rings. The summed E-state index contributed by atoms with van der Waals surface area (Å²) in [5.41, 5.74) is 1.32. The van der Waals surface area contributed by atoms with Gasteiger partial charge in [0.15, 0.2) is 10.6 Å². The SMILES string of the molecule is CCCNc1nn(C[NH+]2CC[NH+](Cc3cccc(Cl)c3)CC2)c(=S)s1. The second-order valence-corrected chi connectivity index (χ2v) is 8.62. The Hall–Kier alpha value is -0.990. The van der Waals surface area contributed by atoms with Gasteiger partial charge in [0, 0.05) is 17.1 Å². The zero-order valence-electron chi connectivity index (χ0n) is 14.6. The highest BCUT2D eigenvalue weighted by Gasteiger charge is 2.24. The Labute approximate surface area is 163 Å². The molecule has 2 aromatic rings. The highest BCUT2D eigenvalue weighted by Crippen LogP contribution is 2.13. The van der Waals surface area contributed by atoms with Crippen molar-refractivity contribution in [3.05, 3.63) is 38.8 Å². The van der Waals surface area contributed by atoms with Crippen LogP contribution in [0.1, 0.15) is 18.9 Å². The molecule has 1 aromatic heterocycles. The predicted molar refractivity (Wildman–Crippen MR) is 106 cm³/mol. The summed E-state index contributed by atoms with van der Waals surface area (Å²) in [6, 6.07) is 8.21. The normalized spacial score (nSPS) is 20.6. The van der Waals surface area contributed by atoms with E-state index in [4.69, 9.17) is 23.8 Å². The molecule has 0 radical (unpaired) electrons. The molecule has 1 aliphatic heterocycles. The van der Waals surface area contributed by atoms with Gasteiger partial charge in [0.2, 0.25) is 5.13 Å². The number of hydrogen-bond donors (Lipinski definition) is 3. The van der Waals surface area contributed by atoms with E-state index in [2.05, 4.69) is 29.5 Å². The molecule has 1 fully saturated rings. The molecule has 0 bridgehead atoms. The van der Waals surface area contributed by atoms with Crippen LogP contribution in [0.5, 0.6) is 0 Å². The van der Waals surface area contributed by atoms with Crippen molar-refractivity contribution in [1.82, 2.24) is 9.78 Å². The van der Waals surface area contributed by atoms with Crippen molar-refractivity contribution in [3.8, 4) is 0 Å². The maximum atomic E-state index is 6.09. The average molecular weight is 400 g/mol. The summed E-state index contributed by atoms with van der Waals surface area (Å²) in [6.45, 7) is 9.64. The third kappa shape index (κ3) is 5.49. The maximum Gasteiger partial charge on any atom is 0.204 e. The molecular formula is C17H26ClN5S2+2. The molecule has 136 valence electrons. The number of aromatic nitrogens is 2. The van der Waals surface area contributed by atoms with Crippen molar-refractivity contribution in [2.45, 2.75) is 26.6 Å². The van der Waals surface area contributed by atoms with E-state index >= 15 is 0 Å². The molecule has 0 spiro atoms. The van der Waals surface area contributed by atoms with Crippen LogP contribution < -0.4 is 15.1 Å². The van der Waals surface area contributed by atoms with Gasteiger partial charge >= 0.3 is 0 Å². The number of benzene rings is 1. The molecule has 1 aromatic carbocycles. The number of hydrogen-bond acceptors (Lipinski definition) is 4. The average Bonchev–Trinajstić information content (AvgIpc) is 2.94. The molecule has 0 unspecified atom stereocenters. The van der Waals surface area contributed by atoms with Crippen LogP contribution in [0.3, 0.4) is 0 Å². The number of quaternary nitrogens is 2. The van der Waals surface area contributed by atoms with Gasteiger partial charge in [-0.25, -0.2) is 0 Å². The Kier molecular flexibility index (Phi) is 6.84. The Balaban J connectivity index is 1.49. The van der Waals surface area contributed by atoms with Crippen molar-refractivity contribution in [2.75, 3.05) is 38.0 Å². The molecular weight excluding hydrogens is 374 g/mol. The topological polar surface area (TPSA) is 38.7 Å². The standard InChI is InChI=1S/C17H24ClN5S2/c1-2-6-19-16-20-23(17(24)25-16)13-22-9-7-21(8-10-22)12-14-4-3-5-15(18)11-14/h3-5,11H,2,6-10,12-13H2,1H3,(H,19,20)/p+2. The van der Waals surface area contributed by atoms with Crippen molar-refractivity contribution in [3.63, 3.8) is 0 Å². The molecule has 5 nitrogen and oxygen atoms in total. The van der Waals surface area contributed by atoms with E-state index in [1.165, 1.54) is 18.7 Å². The van der Waals surface area contributed by atoms with Crippen LogP contribution in [-0.4, -0.2) is 42.5 Å². The van der Waals surface area contributed by atoms with Gasteiger partial charge in [0.05, 0.1) is 0 Å². The predicted octanol–water partition coefficient (Wildman–Crippen LogP) is 1.09. The van der Waals surface area contributed by atoms with Crippen LogP contribution in [0.25, 0.3) is 0 Å². The smallest absolute Gasteiger partial charge is 0.204 e. The second-order valence-electron chi connectivity index (χ2n) is 6.56. The minimum absolute atomic E-state index is 0.826. The fourth-order valence-electron chi connectivity index (χ4n) is 3.15. The lowest BCUT2D eigenvalue weighted by Gasteiger charge is -2.29. The summed E-state index contributed by atoms with van der Waals surface area (Å²) in [6.07, 6.45) is 1.09. The number of piperazine rings is 1. The largest absolute Gasteiger partial charge is 0.360 e. The second kappa shape index (κ2) is 9.09. The molecule has 3 N–H and O–H groups in total. The number of halogens is 1. The van der Waals surface area contributed by atoms with Crippen LogP contribution in [0, 0.1) is 3.95 Å². The first kappa shape index (κ1) is 18.8. The van der Waals surface area contributed by atoms with E-state index in [0.717, 1.165) is 53.4 Å². The zero-order valence-corrected chi connectivity index (χ0v) is 16.9. The first-order valence-electron chi connectivity index (χ1n) is 8.87. The Morgan fingerprint density at radius 2 is 2.04 bits per heavy atom. The monoisotopic (exact) mass is 399 g/mol. The highest BCUT2D eigenvalue weighted by molar-refractivity contribution is 7.73. The van der Waals surface area contributed by atoms with Crippen molar-refractivity contribution in [1.29, 1.82) is 0 Å². The first-order valence-corrected chi connectivity index (χ1v) is 10.5. The molecule has 0 aliphatic carbocycles. The Morgan fingerprint density at radius 1 is 1.28 bits per heavy atom. The highest BCUT2D eigenvalue weighted by atomic mass is 35.5. The van der Waals surface area contributed by atoms with Crippen LogP contribution in [-0.2, 0) is 13.2 Å². The van der Waals surface area contributed by atoms with E-state index < -0.39 is 0 Å². The van der Waals surface area contributed by atoms with E-state index in [9.17, 15) is 0 Å². The Morgan fingerprint density at radius 3 is 2.76 bits per heavy atom. The minimum Gasteiger partial charge on any atom is -0.360 e. The summed E-state index contributed by atoms with van der Waals surface area (Å²) >= 11 is 13.1. The van der Waals surface area contributed by atoms with Gasteiger partial charge in [-0.15, -0.1) is 5.10 Å². The molecule has 1 saturated heterocycles. The van der Waals surface area contributed by atoms with E-state index in [1.807, 2.05) is 16.8 Å². The van der Waals surface area contributed by atoms with Gasteiger partial charge in [-0.2, -0.15) is 4.68 Å². The maximum absolute atomic E-state index is 6.09. The number of rotatable bonds is 7. The zero-order chi connectivity index (χ0) is 17.6. The number of anilines is 1. The summed E-state index contributed by atoms with van der Waals surface area (Å²) in [5.74, 6) is 0. The van der Waals surface area contributed by atoms with Gasteiger partial charge < -0.3 is 15.1 Å². The fraction of sp³-hybridized carbons (Fsp3) is 0.529. The molecule has 8 heteroatoms. The minimum atomic E-state index is 0.826. The molecule has 3 rings (SSSR count). The summed E-state index contributed by atoms with van der Waals surface area (Å²) in [7, 11) is 0. The number of nitrogens with one attached hydrogen (secondary N) is 3. The lowest BCUT2D eigenvalue weighted by Crippen LogP contribution is -3.27. The molecule has 0 amide bonds. The molecule has 0 saturated carbocycles. The lowest BCUT2D eigenvalue weighted by molar-refractivity contribution is -1.03. The van der Waals surface area contributed by atoms with Gasteiger partial charge in [-0.1, -0.05) is 42.0 Å². The molecule has 25 heavy (non-hydrogen) atoms. The van der Waals surface area contributed by atoms with Crippen molar-refractivity contribution >= 4 is 40.3 Å². The summed E-state index contributed by atoms with van der Waals surface area (Å²) < 4.78 is 2.84. The molecule has 2 heterocycles. The quantitative estimate of drug-likeness (QED) is 0.610. The van der Waals surface area contributed by atoms with Gasteiger partial charge in [-0.3, -0.25) is 0 Å². The van der Waals surface area contributed by atoms with E-state index in [0.29, 0.717) is 0 Å². The van der Waals surface area contributed by atoms with Gasteiger partial charge in [0.1, 0.15) is 32.7 Å². The van der Waals surface area contributed by atoms with Gasteiger partial charge in [-0.05, 0) is 30.8 Å². The molecule has 0 atom stereocenters. The Bertz CT molecular complexity index is 737. The lowest BCUT2D eigenvalue weighted by atomic mass is 10.2. The van der Waals surface area contributed by atoms with E-state index in [-0.39, 0.29) is 0 Å². The van der Waals surface area contributed by atoms with Crippen LogP contribution in [0.4, 0.5) is 5.13 Å². The fourth-order valence-corrected chi connectivity index (χ4v) is 4.39. The van der Waals surface area contributed by atoms with Gasteiger partial charge in [0.25, 0.3) is 0 Å². The summed E-state index contributed by atoms with van der Waals surface area (Å²) in [5, 5.41) is 9.71. The van der Waals surface area contributed by atoms with Crippen LogP contribution >= 0.6 is 35.2 Å². The third-order valence-electron chi connectivity index (χ3n) is 4.51.